The molecule has 6 nitrogen and oxygen atoms in total. The second kappa shape index (κ2) is 10.3. The molecule has 7 heteroatoms. The number of carbonyl (C=O) groups excluding carboxylic acids is 2. The summed E-state index contributed by atoms with van der Waals surface area (Å²) < 4.78 is 10.8. The van der Waals surface area contributed by atoms with Crippen LogP contribution >= 0.6 is 11.6 Å². The third kappa shape index (κ3) is 5.25. The van der Waals surface area contributed by atoms with Gasteiger partial charge in [-0.25, -0.2) is 0 Å². The van der Waals surface area contributed by atoms with E-state index in [4.69, 9.17) is 21.1 Å². The van der Waals surface area contributed by atoms with Crippen molar-refractivity contribution >= 4 is 23.4 Å². The van der Waals surface area contributed by atoms with Crippen molar-refractivity contribution in [2.24, 2.45) is 0 Å². The minimum Gasteiger partial charge on any atom is -0.454 e. The second-order valence-corrected chi connectivity index (χ2v) is 7.53. The molecule has 0 bridgehead atoms. The van der Waals surface area contributed by atoms with Crippen molar-refractivity contribution in [3.8, 4) is 11.5 Å². The fraction of sp³-hybridized carbons (Fsp3) is 0.391. The van der Waals surface area contributed by atoms with Crippen molar-refractivity contribution < 1.29 is 19.1 Å². The van der Waals surface area contributed by atoms with E-state index in [1.54, 1.807) is 11.0 Å². The molecule has 2 aromatic carbocycles. The van der Waals surface area contributed by atoms with Gasteiger partial charge in [-0.05, 0) is 49.1 Å². The van der Waals surface area contributed by atoms with Crippen LogP contribution in [0.25, 0.3) is 0 Å². The van der Waals surface area contributed by atoms with E-state index in [0.717, 1.165) is 11.1 Å². The van der Waals surface area contributed by atoms with Crippen LogP contribution in [-0.4, -0.2) is 36.1 Å². The first kappa shape index (κ1) is 22.0. The predicted octanol–water partition coefficient (Wildman–Crippen LogP) is 3.94. The molecule has 0 spiro atoms. The highest BCUT2D eigenvalue weighted by molar-refractivity contribution is 6.31. The molecule has 0 fully saturated rings. The molecule has 160 valence electrons. The largest absolute Gasteiger partial charge is 0.454 e. The molecular formula is C23H27ClN2O4. The van der Waals surface area contributed by atoms with Crippen LogP contribution in [0, 0.1) is 0 Å². The van der Waals surface area contributed by atoms with Crippen LogP contribution < -0.4 is 14.8 Å². The minimum absolute atomic E-state index is 0.0920. The fourth-order valence-corrected chi connectivity index (χ4v) is 3.71. The van der Waals surface area contributed by atoms with E-state index in [1.807, 2.05) is 50.2 Å². The third-order valence-corrected chi connectivity index (χ3v) is 5.47. The number of nitrogens with one attached hydrogen (secondary N) is 1. The molecule has 0 radical (unpaired) electrons. The zero-order chi connectivity index (χ0) is 21.5. The molecule has 0 saturated carbocycles. The van der Waals surface area contributed by atoms with Crippen LogP contribution in [-0.2, 0) is 22.6 Å². The number of nitrogens with zero attached hydrogens (tertiary/aromatic N) is 1. The van der Waals surface area contributed by atoms with Gasteiger partial charge in [0, 0.05) is 24.5 Å². The van der Waals surface area contributed by atoms with Gasteiger partial charge in [0.2, 0.25) is 18.6 Å². The van der Waals surface area contributed by atoms with E-state index in [1.165, 1.54) is 0 Å². The van der Waals surface area contributed by atoms with Gasteiger partial charge in [0.15, 0.2) is 11.5 Å². The number of halogens is 1. The van der Waals surface area contributed by atoms with Crippen molar-refractivity contribution in [2.45, 2.75) is 45.7 Å². The van der Waals surface area contributed by atoms with E-state index in [9.17, 15) is 9.59 Å². The summed E-state index contributed by atoms with van der Waals surface area (Å²) in [6.45, 7) is 4.79. The lowest BCUT2D eigenvalue weighted by Crippen LogP contribution is -2.49. The monoisotopic (exact) mass is 430 g/mol. The first-order valence-corrected chi connectivity index (χ1v) is 10.6. The van der Waals surface area contributed by atoms with Crippen LogP contribution in [0.5, 0.6) is 11.5 Å². The number of aryl methyl sites for hydroxylation is 1. The molecule has 0 aliphatic carbocycles. The minimum atomic E-state index is -0.550. The van der Waals surface area contributed by atoms with Gasteiger partial charge in [-0.15, -0.1) is 0 Å². The average molecular weight is 431 g/mol. The number of hydrogen-bond donors (Lipinski definition) is 1. The summed E-state index contributed by atoms with van der Waals surface area (Å²) in [5, 5.41) is 3.42. The molecule has 1 N–H and O–H groups in total. The van der Waals surface area contributed by atoms with E-state index < -0.39 is 6.04 Å². The number of amides is 2. The van der Waals surface area contributed by atoms with Gasteiger partial charge in [-0.1, -0.05) is 42.8 Å². The second-order valence-electron chi connectivity index (χ2n) is 7.12. The lowest BCUT2D eigenvalue weighted by Gasteiger charge is -2.31. The molecule has 0 aromatic heterocycles. The molecule has 3 rings (SSSR count). The molecule has 1 aliphatic heterocycles. The topological polar surface area (TPSA) is 67.9 Å². The maximum atomic E-state index is 13.2. The Bertz CT molecular complexity index is 903. The van der Waals surface area contributed by atoms with Crippen molar-refractivity contribution in [3.05, 3.63) is 58.6 Å². The summed E-state index contributed by atoms with van der Waals surface area (Å²) in [6, 6.07) is 12.5. The van der Waals surface area contributed by atoms with Gasteiger partial charge in [0.1, 0.15) is 6.04 Å². The van der Waals surface area contributed by atoms with Gasteiger partial charge in [0.05, 0.1) is 0 Å². The molecule has 0 unspecified atom stereocenters. The third-order valence-electron chi connectivity index (χ3n) is 5.10. The highest BCUT2D eigenvalue weighted by atomic mass is 35.5. The summed E-state index contributed by atoms with van der Waals surface area (Å²) in [6.07, 6.45) is 1.34. The lowest BCUT2D eigenvalue weighted by molar-refractivity contribution is -0.141. The molecule has 2 aromatic rings. The van der Waals surface area contributed by atoms with E-state index >= 15 is 0 Å². The van der Waals surface area contributed by atoms with Gasteiger partial charge >= 0.3 is 0 Å². The Kier molecular flexibility index (Phi) is 7.57. The quantitative estimate of drug-likeness (QED) is 0.654. The molecule has 1 aliphatic rings. The SMILES string of the molecule is CCNC(=O)[C@H](CC)N(Cc1ccccc1Cl)C(=O)CCc1ccc2c(c1)OCO2. The Morgan fingerprint density at radius 1 is 1.13 bits per heavy atom. The van der Waals surface area contributed by atoms with Crippen LogP contribution in [0.15, 0.2) is 42.5 Å². The summed E-state index contributed by atoms with van der Waals surface area (Å²) in [5.74, 6) is 1.17. The zero-order valence-corrected chi connectivity index (χ0v) is 18.1. The number of benzene rings is 2. The van der Waals surface area contributed by atoms with E-state index in [0.29, 0.717) is 35.9 Å². The van der Waals surface area contributed by atoms with Crippen molar-refractivity contribution in [2.75, 3.05) is 13.3 Å². The Morgan fingerprint density at radius 2 is 1.90 bits per heavy atom. The Morgan fingerprint density at radius 3 is 2.63 bits per heavy atom. The highest BCUT2D eigenvalue weighted by Gasteiger charge is 2.28. The highest BCUT2D eigenvalue weighted by Crippen LogP contribution is 2.33. The number of likely N-dealkylation sites (N-methyl/N-ethyl adjacent to an activating group) is 1. The van der Waals surface area contributed by atoms with Crippen LogP contribution in [0.1, 0.15) is 37.8 Å². The molecule has 30 heavy (non-hydrogen) atoms. The molecule has 0 saturated heterocycles. The van der Waals surface area contributed by atoms with Crippen LogP contribution in [0.3, 0.4) is 0 Å². The number of fused-ring (bicyclic) bond motifs is 1. The number of ether oxygens (including phenoxy) is 2. The van der Waals surface area contributed by atoms with Gasteiger partial charge in [0.25, 0.3) is 0 Å². The smallest absolute Gasteiger partial charge is 0.242 e. The Balaban J connectivity index is 1.76. The number of hydrogen-bond acceptors (Lipinski definition) is 4. The Labute approximate surface area is 182 Å². The maximum absolute atomic E-state index is 13.2. The zero-order valence-electron chi connectivity index (χ0n) is 17.3. The number of carbonyl (C=O) groups is 2. The average Bonchev–Trinajstić information content (AvgIpc) is 3.21. The number of rotatable bonds is 9. The van der Waals surface area contributed by atoms with Crippen LogP contribution in [0.2, 0.25) is 5.02 Å². The van der Waals surface area contributed by atoms with Crippen molar-refractivity contribution in [1.82, 2.24) is 10.2 Å². The molecular weight excluding hydrogens is 404 g/mol. The van der Waals surface area contributed by atoms with E-state index in [2.05, 4.69) is 5.32 Å². The van der Waals surface area contributed by atoms with Crippen LogP contribution in [0.4, 0.5) is 0 Å². The van der Waals surface area contributed by atoms with Crippen molar-refractivity contribution in [3.63, 3.8) is 0 Å². The first-order valence-electron chi connectivity index (χ1n) is 10.2. The van der Waals surface area contributed by atoms with Crippen molar-refractivity contribution in [1.29, 1.82) is 0 Å². The predicted molar refractivity (Wildman–Crippen MR) is 116 cm³/mol. The van der Waals surface area contributed by atoms with Gasteiger partial charge < -0.3 is 19.7 Å². The summed E-state index contributed by atoms with van der Waals surface area (Å²) in [7, 11) is 0. The Hall–Kier alpha value is -2.73. The molecule has 1 atom stereocenters. The van der Waals surface area contributed by atoms with Gasteiger partial charge in [-0.2, -0.15) is 0 Å². The maximum Gasteiger partial charge on any atom is 0.242 e. The summed E-state index contributed by atoms with van der Waals surface area (Å²) >= 11 is 6.32. The standard InChI is InChI=1S/C23H27ClN2O4/c1-3-19(23(28)25-4-2)26(14-17-7-5-6-8-18(17)24)22(27)12-10-16-9-11-20-21(13-16)30-15-29-20/h5-9,11,13,19H,3-4,10,12,14-15H2,1-2H3,(H,25,28)/t19-/m0/s1. The van der Waals surface area contributed by atoms with Gasteiger partial charge in [-0.3, -0.25) is 9.59 Å². The van der Waals surface area contributed by atoms with E-state index in [-0.39, 0.29) is 31.6 Å². The fourth-order valence-electron chi connectivity index (χ4n) is 3.51. The lowest BCUT2D eigenvalue weighted by atomic mass is 10.1. The molecule has 1 heterocycles. The summed E-state index contributed by atoms with van der Waals surface area (Å²) in [5.41, 5.74) is 1.80. The molecule has 2 amide bonds. The normalized spacial score (nSPS) is 13.0. The summed E-state index contributed by atoms with van der Waals surface area (Å²) in [4.78, 5) is 27.5. The first-order chi connectivity index (χ1) is 14.5.